The first-order chi connectivity index (χ1) is 8.63. The third-order valence-electron chi connectivity index (χ3n) is 2.61. The lowest BCUT2D eigenvalue weighted by atomic mass is 10.1. The zero-order chi connectivity index (χ0) is 13.1. The van der Waals surface area contributed by atoms with Gasteiger partial charge in [0.15, 0.2) is 12.1 Å². The minimum Gasteiger partial charge on any atom is -0.496 e. The highest BCUT2D eigenvalue weighted by Gasteiger charge is 2.09. The van der Waals surface area contributed by atoms with Crippen LogP contribution in [-0.4, -0.2) is 23.4 Å². The van der Waals surface area contributed by atoms with Crippen LogP contribution in [0.15, 0.2) is 24.3 Å². The molecule has 18 heavy (non-hydrogen) atoms. The second-order valence-electron chi connectivity index (χ2n) is 4.07. The lowest BCUT2D eigenvalue weighted by molar-refractivity contribution is 0.111. The van der Waals surface area contributed by atoms with E-state index in [0.29, 0.717) is 12.0 Å². The molecule has 4 heteroatoms. The molecule has 0 unspecified atom stereocenters. The van der Waals surface area contributed by atoms with E-state index in [9.17, 15) is 4.79 Å². The van der Waals surface area contributed by atoms with E-state index in [1.807, 2.05) is 38.1 Å². The fraction of sp³-hybridized carbons (Fsp3) is 0.214. The molecular formula is C14H14N2O2. The predicted molar refractivity (Wildman–Crippen MR) is 68.9 cm³/mol. The summed E-state index contributed by atoms with van der Waals surface area (Å²) in [5, 5.41) is 0. The SMILES string of the molecule is COc1ccc(C)cc1-c1cc(C)nc(C=O)n1. The first-order valence-corrected chi connectivity index (χ1v) is 5.60. The maximum absolute atomic E-state index is 10.8. The minimum absolute atomic E-state index is 0.188. The first kappa shape index (κ1) is 12.2. The van der Waals surface area contributed by atoms with Crippen LogP contribution in [0.1, 0.15) is 21.9 Å². The molecule has 4 nitrogen and oxygen atoms in total. The Morgan fingerprint density at radius 3 is 2.61 bits per heavy atom. The molecule has 2 rings (SSSR count). The van der Waals surface area contributed by atoms with Crippen molar-refractivity contribution in [1.82, 2.24) is 9.97 Å². The number of carbonyl (C=O) groups is 1. The molecule has 1 heterocycles. The summed E-state index contributed by atoms with van der Waals surface area (Å²) in [6, 6.07) is 7.68. The van der Waals surface area contributed by atoms with Gasteiger partial charge >= 0.3 is 0 Å². The molecule has 0 bridgehead atoms. The van der Waals surface area contributed by atoms with Crippen LogP contribution < -0.4 is 4.74 Å². The van der Waals surface area contributed by atoms with E-state index >= 15 is 0 Å². The van der Waals surface area contributed by atoms with Crippen LogP contribution >= 0.6 is 0 Å². The summed E-state index contributed by atoms with van der Waals surface area (Å²) in [7, 11) is 1.61. The smallest absolute Gasteiger partial charge is 0.193 e. The Bertz CT molecular complexity index is 594. The number of ether oxygens (including phenoxy) is 1. The molecule has 0 N–H and O–H groups in total. The van der Waals surface area contributed by atoms with Crippen molar-refractivity contribution in [3.8, 4) is 17.0 Å². The van der Waals surface area contributed by atoms with E-state index < -0.39 is 0 Å². The predicted octanol–water partition coefficient (Wildman–Crippen LogP) is 2.58. The standard InChI is InChI=1S/C14H14N2O2/c1-9-4-5-13(18-3)11(6-9)12-7-10(2)15-14(8-17)16-12/h4-8H,1-3H3. The van der Waals surface area contributed by atoms with Crippen molar-refractivity contribution in [2.24, 2.45) is 0 Å². The highest BCUT2D eigenvalue weighted by Crippen LogP contribution is 2.29. The number of aromatic nitrogens is 2. The van der Waals surface area contributed by atoms with Gasteiger partial charge in [-0.25, -0.2) is 9.97 Å². The quantitative estimate of drug-likeness (QED) is 0.776. The Balaban J connectivity index is 2.63. The number of aldehydes is 1. The van der Waals surface area contributed by atoms with Crippen LogP contribution in [0, 0.1) is 13.8 Å². The van der Waals surface area contributed by atoms with Crippen LogP contribution in [0.5, 0.6) is 5.75 Å². The molecule has 0 aliphatic carbocycles. The average Bonchev–Trinajstić information content (AvgIpc) is 2.38. The molecule has 0 atom stereocenters. The molecular weight excluding hydrogens is 228 g/mol. The third-order valence-corrected chi connectivity index (χ3v) is 2.61. The van der Waals surface area contributed by atoms with Gasteiger partial charge in [0.25, 0.3) is 0 Å². The number of hydrogen-bond acceptors (Lipinski definition) is 4. The van der Waals surface area contributed by atoms with Crippen molar-refractivity contribution in [2.45, 2.75) is 13.8 Å². The van der Waals surface area contributed by atoms with Gasteiger partial charge in [0, 0.05) is 11.3 Å². The molecule has 0 aliphatic heterocycles. The number of aryl methyl sites for hydroxylation is 2. The molecule has 0 fully saturated rings. The van der Waals surface area contributed by atoms with Crippen molar-refractivity contribution in [2.75, 3.05) is 7.11 Å². The van der Waals surface area contributed by atoms with Gasteiger partial charge in [0.1, 0.15) is 5.75 Å². The van der Waals surface area contributed by atoms with E-state index in [1.165, 1.54) is 0 Å². The zero-order valence-corrected chi connectivity index (χ0v) is 10.6. The van der Waals surface area contributed by atoms with Crippen LogP contribution in [0.25, 0.3) is 11.3 Å². The Morgan fingerprint density at radius 2 is 1.94 bits per heavy atom. The van der Waals surface area contributed by atoms with Crippen molar-refractivity contribution >= 4 is 6.29 Å². The summed E-state index contributed by atoms with van der Waals surface area (Å²) in [6.07, 6.45) is 0.652. The van der Waals surface area contributed by atoms with Crippen LogP contribution in [0.2, 0.25) is 0 Å². The number of carbonyl (C=O) groups excluding carboxylic acids is 1. The molecule has 0 radical (unpaired) electrons. The van der Waals surface area contributed by atoms with Gasteiger partial charge in [-0.15, -0.1) is 0 Å². The molecule has 2 aromatic rings. The summed E-state index contributed by atoms with van der Waals surface area (Å²) in [5.41, 5.74) is 3.43. The first-order valence-electron chi connectivity index (χ1n) is 5.60. The number of hydrogen-bond donors (Lipinski definition) is 0. The summed E-state index contributed by atoms with van der Waals surface area (Å²) in [5.74, 6) is 0.920. The molecule has 0 aliphatic rings. The summed E-state index contributed by atoms with van der Waals surface area (Å²) >= 11 is 0. The maximum Gasteiger partial charge on any atom is 0.193 e. The Morgan fingerprint density at radius 1 is 1.17 bits per heavy atom. The van der Waals surface area contributed by atoms with Crippen molar-refractivity contribution in [3.05, 3.63) is 41.3 Å². The number of rotatable bonds is 3. The van der Waals surface area contributed by atoms with Crippen molar-refractivity contribution < 1.29 is 9.53 Å². The topological polar surface area (TPSA) is 52.1 Å². The van der Waals surface area contributed by atoms with Crippen LogP contribution in [-0.2, 0) is 0 Å². The largest absolute Gasteiger partial charge is 0.496 e. The van der Waals surface area contributed by atoms with Gasteiger partial charge in [0.05, 0.1) is 12.8 Å². The van der Waals surface area contributed by atoms with E-state index in [2.05, 4.69) is 9.97 Å². The molecule has 0 spiro atoms. The van der Waals surface area contributed by atoms with Gasteiger partial charge in [-0.05, 0) is 32.0 Å². The zero-order valence-electron chi connectivity index (χ0n) is 10.6. The Kier molecular flexibility index (Phi) is 3.37. The van der Waals surface area contributed by atoms with E-state index in [-0.39, 0.29) is 5.82 Å². The van der Waals surface area contributed by atoms with Gasteiger partial charge < -0.3 is 4.74 Å². The number of methoxy groups -OCH3 is 1. The van der Waals surface area contributed by atoms with Crippen LogP contribution in [0.4, 0.5) is 0 Å². The Hall–Kier alpha value is -2.23. The van der Waals surface area contributed by atoms with Gasteiger partial charge in [-0.1, -0.05) is 11.6 Å². The van der Waals surface area contributed by atoms with Crippen molar-refractivity contribution in [3.63, 3.8) is 0 Å². The summed E-state index contributed by atoms with van der Waals surface area (Å²) in [6.45, 7) is 3.83. The van der Waals surface area contributed by atoms with Gasteiger partial charge in [-0.3, -0.25) is 4.79 Å². The summed E-state index contributed by atoms with van der Waals surface area (Å²) < 4.78 is 5.32. The molecule has 92 valence electrons. The molecule has 0 saturated carbocycles. The molecule has 0 saturated heterocycles. The average molecular weight is 242 g/mol. The van der Waals surface area contributed by atoms with Gasteiger partial charge in [0.2, 0.25) is 0 Å². The fourth-order valence-corrected chi connectivity index (χ4v) is 1.80. The molecule has 1 aromatic heterocycles. The third kappa shape index (κ3) is 2.37. The van der Waals surface area contributed by atoms with E-state index in [0.717, 1.165) is 22.6 Å². The van der Waals surface area contributed by atoms with E-state index in [1.54, 1.807) is 7.11 Å². The van der Waals surface area contributed by atoms with Crippen molar-refractivity contribution in [1.29, 1.82) is 0 Å². The normalized spacial score (nSPS) is 10.2. The number of benzene rings is 1. The van der Waals surface area contributed by atoms with Crippen LogP contribution in [0.3, 0.4) is 0 Å². The number of nitrogens with zero attached hydrogens (tertiary/aromatic N) is 2. The summed E-state index contributed by atoms with van der Waals surface area (Å²) in [4.78, 5) is 19.1. The molecule has 0 amide bonds. The second kappa shape index (κ2) is 4.96. The lowest BCUT2D eigenvalue weighted by Crippen LogP contribution is -1.99. The highest BCUT2D eigenvalue weighted by molar-refractivity contribution is 5.73. The fourth-order valence-electron chi connectivity index (χ4n) is 1.80. The van der Waals surface area contributed by atoms with E-state index in [4.69, 9.17) is 4.74 Å². The van der Waals surface area contributed by atoms with Gasteiger partial charge in [-0.2, -0.15) is 0 Å². The second-order valence-corrected chi connectivity index (χ2v) is 4.07. The lowest BCUT2D eigenvalue weighted by Gasteiger charge is -2.09. The monoisotopic (exact) mass is 242 g/mol. The maximum atomic E-state index is 10.8. The Labute approximate surface area is 106 Å². The highest BCUT2D eigenvalue weighted by atomic mass is 16.5. The molecule has 1 aromatic carbocycles. The minimum atomic E-state index is 0.188.